The molecule has 0 fully saturated rings. The van der Waals surface area contributed by atoms with Crippen LogP contribution < -0.4 is 15.4 Å². The number of amides is 1. The Morgan fingerprint density at radius 3 is 2.57 bits per heavy atom. The normalized spacial score (nSPS) is 10.3. The number of benzene rings is 2. The van der Waals surface area contributed by atoms with Crippen molar-refractivity contribution in [3.63, 3.8) is 0 Å². The molecule has 3 aromatic rings. The van der Waals surface area contributed by atoms with Crippen LogP contribution in [0.3, 0.4) is 0 Å². The van der Waals surface area contributed by atoms with Gasteiger partial charge in [0.25, 0.3) is 11.6 Å². The summed E-state index contributed by atoms with van der Waals surface area (Å²) in [5, 5.41) is 21.0. The Hall–Kier alpha value is -3.88. The first-order valence-corrected chi connectivity index (χ1v) is 8.54. The van der Waals surface area contributed by atoms with E-state index in [-0.39, 0.29) is 17.9 Å². The van der Waals surface area contributed by atoms with Gasteiger partial charge in [-0.15, -0.1) is 0 Å². The van der Waals surface area contributed by atoms with Crippen molar-refractivity contribution in [1.29, 1.82) is 0 Å². The van der Waals surface area contributed by atoms with E-state index in [1.54, 1.807) is 29.1 Å². The maximum atomic E-state index is 12.5. The SMILES string of the molecule is COc1cn(-c2ccccc2)nc1C(=O)NCCNc1ccccc1[N+](=O)[O-]. The summed E-state index contributed by atoms with van der Waals surface area (Å²) in [6.45, 7) is 0.574. The van der Waals surface area contributed by atoms with Crippen molar-refractivity contribution < 1.29 is 14.5 Å². The van der Waals surface area contributed by atoms with Crippen molar-refractivity contribution in [1.82, 2.24) is 15.1 Å². The maximum absolute atomic E-state index is 12.5. The quantitative estimate of drug-likeness (QED) is 0.352. The Labute approximate surface area is 161 Å². The Morgan fingerprint density at radius 2 is 1.86 bits per heavy atom. The highest BCUT2D eigenvalue weighted by Crippen LogP contribution is 2.22. The van der Waals surface area contributed by atoms with Crippen molar-refractivity contribution in [3.05, 3.63) is 76.6 Å². The smallest absolute Gasteiger partial charge is 0.292 e. The van der Waals surface area contributed by atoms with Gasteiger partial charge in [0.2, 0.25) is 0 Å². The molecular weight excluding hydrogens is 362 g/mol. The number of carbonyl (C=O) groups is 1. The highest BCUT2D eigenvalue weighted by atomic mass is 16.6. The second kappa shape index (κ2) is 8.67. The molecule has 0 bridgehead atoms. The van der Waals surface area contributed by atoms with Crippen molar-refractivity contribution in [3.8, 4) is 11.4 Å². The fourth-order valence-corrected chi connectivity index (χ4v) is 2.62. The number of aromatic nitrogens is 2. The van der Waals surface area contributed by atoms with Crippen molar-refractivity contribution >= 4 is 17.3 Å². The van der Waals surface area contributed by atoms with Crippen LogP contribution >= 0.6 is 0 Å². The van der Waals surface area contributed by atoms with Crippen LogP contribution in [0.25, 0.3) is 5.69 Å². The van der Waals surface area contributed by atoms with Crippen LogP contribution in [0.15, 0.2) is 60.8 Å². The van der Waals surface area contributed by atoms with E-state index < -0.39 is 10.8 Å². The third kappa shape index (κ3) is 4.26. The van der Waals surface area contributed by atoms with Crippen molar-refractivity contribution in [2.45, 2.75) is 0 Å². The summed E-state index contributed by atoms with van der Waals surface area (Å²) in [5.74, 6) is -0.0381. The lowest BCUT2D eigenvalue weighted by molar-refractivity contribution is -0.384. The zero-order valence-corrected chi connectivity index (χ0v) is 15.2. The number of carbonyl (C=O) groups excluding carboxylic acids is 1. The Morgan fingerprint density at radius 1 is 1.14 bits per heavy atom. The first-order valence-electron chi connectivity index (χ1n) is 8.54. The number of nitro benzene ring substituents is 1. The van der Waals surface area contributed by atoms with Gasteiger partial charge in [0.1, 0.15) is 5.69 Å². The number of ether oxygens (including phenoxy) is 1. The van der Waals surface area contributed by atoms with Gasteiger partial charge < -0.3 is 15.4 Å². The van der Waals surface area contributed by atoms with Gasteiger partial charge >= 0.3 is 0 Å². The van der Waals surface area contributed by atoms with Crippen LogP contribution in [-0.4, -0.2) is 40.8 Å². The molecule has 3 rings (SSSR count). The highest BCUT2D eigenvalue weighted by Gasteiger charge is 2.18. The first-order chi connectivity index (χ1) is 13.6. The molecule has 0 saturated carbocycles. The molecule has 0 spiro atoms. The predicted molar refractivity (Wildman–Crippen MR) is 104 cm³/mol. The van der Waals surface area contributed by atoms with Gasteiger partial charge in [-0.25, -0.2) is 4.68 Å². The van der Waals surface area contributed by atoms with Crippen LogP contribution in [0.4, 0.5) is 11.4 Å². The molecule has 0 aliphatic carbocycles. The molecule has 0 unspecified atom stereocenters. The zero-order chi connectivity index (χ0) is 19.9. The molecule has 0 radical (unpaired) electrons. The van der Waals surface area contributed by atoms with Crippen molar-refractivity contribution in [2.24, 2.45) is 0 Å². The molecule has 1 amide bonds. The van der Waals surface area contributed by atoms with E-state index >= 15 is 0 Å². The fraction of sp³-hybridized carbons (Fsp3) is 0.158. The van der Waals surface area contributed by atoms with Gasteiger partial charge in [-0.1, -0.05) is 30.3 Å². The average molecular weight is 381 g/mol. The molecule has 1 aromatic heterocycles. The van der Waals surface area contributed by atoms with Gasteiger partial charge in [-0.2, -0.15) is 5.10 Å². The van der Waals surface area contributed by atoms with Crippen LogP contribution in [0.2, 0.25) is 0 Å². The monoisotopic (exact) mass is 381 g/mol. The van der Waals surface area contributed by atoms with Crippen LogP contribution in [0.5, 0.6) is 5.75 Å². The number of hydrogen-bond acceptors (Lipinski definition) is 6. The van der Waals surface area contributed by atoms with Gasteiger partial charge in [0.15, 0.2) is 11.4 Å². The molecular formula is C19H19N5O4. The lowest BCUT2D eigenvalue weighted by atomic mass is 10.2. The summed E-state index contributed by atoms with van der Waals surface area (Å²) in [6, 6.07) is 15.7. The Kier molecular flexibility index (Phi) is 5.85. The second-order valence-electron chi connectivity index (χ2n) is 5.78. The molecule has 28 heavy (non-hydrogen) atoms. The summed E-state index contributed by atoms with van der Waals surface area (Å²) < 4.78 is 6.82. The number of nitrogens with one attached hydrogen (secondary N) is 2. The number of nitrogens with zero attached hydrogens (tertiary/aromatic N) is 3. The van der Waals surface area contributed by atoms with Crippen molar-refractivity contribution in [2.75, 3.05) is 25.5 Å². The number of anilines is 1. The van der Waals surface area contributed by atoms with E-state index in [0.717, 1.165) is 5.69 Å². The standard InChI is InChI=1S/C19H19N5O4/c1-28-17-13-23(14-7-3-2-4-8-14)22-18(17)19(25)21-12-11-20-15-9-5-6-10-16(15)24(26)27/h2-10,13,20H,11-12H2,1H3,(H,21,25). The maximum Gasteiger partial charge on any atom is 0.292 e. The zero-order valence-electron chi connectivity index (χ0n) is 15.2. The number of nitro groups is 1. The lowest BCUT2D eigenvalue weighted by Crippen LogP contribution is -2.29. The molecule has 2 aromatic carbocycles. The largest absolute Gasteiger partial charge is 0.493 e. The number of hydrogen-bond donors (Lipinski definition) is 2. The number of methoxy groups -OCH3 is 1. The summed E-state index contributed by atoms with van der Waals surface area (Å²) in [7, 11) is 1.47. The number of para-hydroxylation sites is 3. The number of rotatable bonds is 8. The van der Waals surface area contributed by atoms with Crippen LogP contribution in [0, 0.1) is 10.1 Å². The third-order valence-corrected chi connectivity index (χ3v) is 3.96. The van der Waals surface area contributed by atoms with Crippen LogP contribution in [-0.2, 0) is 0 Å². The molecule has 0 aliphatic rings. The summed E-state index contributed by atoms with van der Waals surface area (Å²) >= 11 is 0. The van der Waals surface area contributed by atoms with Gasteiger partial charge in [0, 0.05) is 19.2 Å². The van der Waals surface area contributed by atoms with E-state index in [1.807, 2.05) is 30.3 Å². The van der Waals surface area contributed by atoms with E-state index in [1.165, 1.54) is 13.2 Å². The third-order valence-electron chi connectivity index (χ3n) is 3.96. The molecule has 0 saturated heterocycles. The molecule has 0 atom stereocenters. The van der Waals surface area contributed by atoms with Crippen LogP contribution in [0.1, 0.15) is 10.5 Å². The topological polar surface area (TPSA) is 111 Å². The van der Waals surface area contributed by atoms with E-state index in [9.17, 15) is 14.9 Å². The molecule has 144 valence electrons. The minimum Gasteiger partial charge on any atom is -0.493 e. The molecule has 2 N–H and O–H groups in total. The molecule has 1 heterocycles. The predicted octanol–water partition coefficient (Wildman–Crippen LogP) is 2.63. The summed E-state index contributed by atoms with van der Waals surface area (Å²) in [6.07, 6.45) is 1.63. The average Bonchev–Trinajstić information content (AvgIpc) is 3.16. The van der Waals surface area contributed by atoms with E-state index in [0.29, 0.717) is 18.0 Å². The fourth-order valence-electron chi connectivity index (χ4n) is 2.62. The minimum atomic E-state index is -0.456. The summed E-state index contributed by atoms with van der Waals surface area (Å²) in [5.41, 5.74) is 1.35. The van der Waals surface area contributed by atoms with Gasteiger partial charge in [-0.3, -0.25) is 14.9 Å². The minimum absolute atomic E-state index is 0.0166. The first kappa shape index (κ1) is 18.9. The summed E-state index contributed by atoms with van der Waals surface area (Å²) in [4.78, 5) is 23.0. The molecule has 9 nitrogen and oxygen atoms in total. The highest BCUT2D eigenvalue weighted by molar-refractivity contribution is 5.95. The lowest BCUT2D eigenvalue weighted by Gasteiger charge is -2.08. The van der Waals surface area contributed by atoms with E-state index in [4.69, 9.17) is 4.74 Å². The molecule has 0 aliphatic heterocycles. The second-order valence-corrected chi connectivity index (χ2v) is 5.78. The molecule has 9 heteroatoms. The van der Waals surface area contributed by atoms with Gasteiger partial charge in [0.05, 0.1) is 23.9 Å². The van der Waals surface area contributed by atoms with Gasteiger partial charge in [-0.05, 0) is 18.2 Å². The Balaban J connectivity index is 1.61. The van der Waals surface area contributed by atoms with E-state index in [2.05, 4.69) is 15.7 Å². The Bertz CT molecular complexity index is 971.